The van der Waals surface area contributed by atoms with E-state index in [1.807, 2.05) is 53.9 Å². The van der Waals surface area contributed by atoms with Gasteiger partial charge in [-0.05, 0) is 35.7 Å². The Balaban J connectivity index is 1.41. The predicted octanol–water partition coefficient (Wildman–Crippen LogP) is 4.34. The van der Waals surface area contributed by atoms with Gasteiger partial charge >= 0.3 is 0 Å². The van der Waals surface area contributed by atoms with E-state index in [1.54, 1.807) is 29.2 Å². The molecule has 0 spiro atoms. The van der Waals surface area contributed by atoms with Crippen LogP contribution in [0.25, 0.3) is 10.6 Å². The first-order chi connectivity index (χ1) is 12.2. The fraction of sp³-hybridized carbons (Fsp3) is 0.211. The van der Waals surface area contributed by atoms with E-state index in [9.17, 15) is 9.90 Å². The molecule has 3 rings (SSSR count). The molecule has 6 heteroatoms. The number of nitrogens with one attached hydrogen (secondary N) is 1. The molecule has 0 saturated heterocycles. The quantitative estimate of drug-likeness (QED) is 0.577. The van der Waals surface area contributed by atoms with Gasteiger partial charge in [0.05, 0.1) is 11.4 Å². The molecule has 3 aromatic rings. The molecule has 2 heterocycles. The Hall–Kier alpha value is -2.02. The van der Waals surface area contributed by atoms with E-state index in [1.165, 1.54) is 0 Å². The lowest BCUT2D eigenvalue weighted by molar-refractivity contribution is -0.121. The van der Waals surface area contributed by atoms with Crippen LogP contribution in [0.4, 0.5) is 0 Å². The highest BCUT2D eigenvalue weighted by molar-refractivity contribution is 7.99. The normalized spacial score (nSPS) is 12.0. The Kier molecular flexibility index (Phi) is 6.33. The summed E-state index contributed by atoms with van der Waals surface area (Å²) in [5.41, 5.74) is 0. The molecule has 25 heavy (non-hydrogen) atoms. The van der Waals surface area contributed by atoms with E-state index in [-0.39, 0.29) is 12.5 Å². The first-order valence-corrected chi connectivity index (χ1v) is 9.85. The number of thioether (sulfide) groups is 1. The molecule has 2 N–H and O–H groups in total. The minimum atomic E-state index is -0.848. The molecular formula is C19H19NO3S2. The second kappa shape index (κ2) is 8.89. The molecule has 1 aromatic carbocycles. The predicted molar refractivity (Wildman–Crippen MR) is 102 cm³/mol. The number of hydrogen-bond donors (Lipinski definition) is 2. The van der Waals surface area contributed by atoms with E-state index in [2.05, 4.69) is 5.32 Å². The summed E-state index contributed by atoms with van der Waals surface area (Å²) in [6.45, 7) is 0.145. The number of hydrogen-bond acceptors (Lipinski definition) is 5. The van der Waals surface area contributed by atoms with Crippen LogP contribution in [0, 0.1) is 0 Å². The van der Waals surface area contributed by atoms with E-state index in [0.29, 0.717) is 17.9 Å². The minimum absolute atomic E-state index is 0.0764. The van der Waals surface area contributed by atoms with Crippen LogP contribution in [-0.2, 0) is 4.79 Å². The Morgan fingerprint density at radius 1 is 1.16 bits per heavy atom. The first kappa shape index (κ1) is 17.8. The van der Waals surface area contributed by atoms with Crippen molar-refractivity contribution < 1.29 is 14.3 Å². The maximum Gasteiger partial charge on any atom is 0.220 e. The van der Waals surface area contributed by atoms with E-state index >= 15 is 0 Å². The average molecular weight is 373 g/mol. The van der Waals surface area contributed by atoms with Gasteiger partial charge in [-0.15, -0.1) is 23.1 Å². The Morgan fingerprint density at radius 2 is 2.00 bits per heavy atom. The molecule has 0 bridgehead atoms. The van der Waals surface area contributed by atoms with Crippen molar-refractivity contribution >= 4 is 29.0 Å². The number of benzene rings is 1. The van der Waals surface area contributed by atoms with Crippen molar-refractivity contribution in [3.8, 4) is 10.6 Å². The largest absolute Gasteiger partial charge is 0.457 e. The lowest BCUT2D eigenvalue weighted by Crippen LogP contribution is -2.28. The summed E-state index contributed by atoms with van der Waals surface area (Å²) in [7, 11) is 0. The summed E-state index contributed by atoms with van der Waals surface area (Å²) in [4.78, 5) is 14.1. The van der Waals surface area contributed by atoms with Gasteiger partial charge in [0.2, 0.25) is 5.91 Å². The number of aliphatic hydroxyl groups is 1. The number of carbonyl (C=O) groups is 1. The molecule has 2 aromatic heterocycles. The molecule has 1 atom stereocenters. The summed E-state index contributed by atoms with van der Waals surface area (Å²) < 4.78 is 5.67. The van der Waals surface area contributed by atoms with Crippen LogP contribution in [0.2, 0.25) is 0 Å². The van der Waals surface area contributed by atoms with Gasteiger partial charge < -0.3 is 14.8 Å². The zero-order valence-corrected chi connectivity index (χ0v) is 15.2. The lowest BCUT2D eigenvalue weighted by Gasteiger charge is -2.09. The summed E-state index contributed by atoms with van der Waals surface area (Å²) in [6, 6.07) is 17.5. The van der Waals surface area contributed by atoms with Crippen LogP contribution in [-0.4, -0.2) is 23.3 Å². The summed E-state index contributed by atoms with van der Waals surface area (Å²) in [5.74, 6) is 1.82. The molecule has 1 amide bonds. The van der Waals surface area contributed by atoms with Crippen LogP contribution >= 0.6 is 23.1 Å². The van der Waals surface area contributed by atoms with Crippen LogP contribution < -0.4 is 5.32 Å². The molecule has 4 nitrogen and oxygen atoms in total. The van der Waals surface area contributed by atoms with Crippen molar-refractivity contribution in [3.63, 3.8) is 0 Å². The van der Waals surface area contributed by atoms with Gasteiger partial charge in [0.25, 0.3) is 0 Å². The van der Waals surface area contributed by atoms with Crippen LogP contribution in [0.3, 0.4) is 0 Å². The van der Waals surface area contributed by atoms with Crippen molar-refractivity contribution in [1.29, 1.82) is 0 Å². The Bertz CT molecular complexity index is 784. The van der Waals surface area contributed by atoms with Gasteiger partial charge in [0.1, 0.15) is 17.6 Å². The highest BCUT2D eigenvalue weighted by atomic mass is 32.2. The average Bonchev–Trinajstić information content (AvgIpc) is 3.32. The maximum absolute atomic E-state index is 11.9. The van der Waals surface area contributed by atoms with Gasteiger partial charge in [-0.1, -0.05) is 24.3 Å². The second-order valence-corrected chi connectivity index (χ2v) is 7.53. The van der Waals surface area contributed by atoms with Crippen LogP contribution in [0.1, 0.15) is 18.3 Å². The first-order valence-electron chi connectivity index (χ1n) is 7.98. The third-order valence-corrected chi connectivity index (χ3v) is 5.45. The van der Waals surface area contributed by atoms with Gasteiger partial charge in [0.15, 0.2) is 0 Å². The van der Waals surface area contributed by atoms with Crippen LogP contribution in [0.15, 0.2) is 69.3 Å². The molecule has 0 radical (unpaired) electrons. The highest BCUT2D eigenvalue weighted by Gasteiger charge is 2.15. The number of amides is 1. The van der Waals surface area contributed by atoms with Crippen molar-refractivity contribution in [2.45, 2.75) is 17.4 Å². The molecule has 0 aliphatic heterocycles. The monoisotopic (exact) mass is 373 g/mol. The minimum Gasteiger partial charge on any atom is -0.457 e. The van der Waals surface area contributed by atoms with Gasteiger partial charge in [0, 0.05) is 17.1 Å². The number of aliphatic hydroxyl groups excluding tert-OH is 1. The maximum atomic E-state index is 11.9. The van der Waals surface area contributed by atoms with E-state index in [4.69, 9.17) is 4.42 Å². The third kappa shape index (κ3) is 5.22. The topological polar surface area (TPSA) is 62.5 Å². The summed E-state index contributed by atoms with van der Waals surface area (Å²) in [5, 5.41) is 14.9. The zero-order valence-electron chi connectivity index (χ0n) is 13.6. The van der Waals surface area contributed by atoms with Gasteiger partial charge in [-0.3, -0.25) is 4.79 Å². The zero-order chi connectivity index (χ0) is 17.5. The summed E-state index contributed by atoms with van der Waals surface area (Å²) >= 11 is 3.22. The fourth-order valence-corrected chi connectivity index (χ4v) is 3.82. The molecule has 0 aliphatic rings. The number of furan rings is 1. The molecule has 130 valence electrons. The van der Waals surface area contributed by atoms with Gasteiger partial charge in [-0.25, -0.2) is 0 Å². The van der Waals surface area contributed by atoms with Gasteiger partial charge in [-0.2, -0.15) is 0 Å². The SMILES string of the molecule is O=C(CCSc1ccccc1)NCC(O)c1ccc(-c2cccs2)o1. The molecule has 0 aliphatic carbocycles. The Morgan fingerprint density at radius 3 is 2.76 bits per heavy atom. The van der Waals surface area contributed by atoms with Crippen molar-refractivity contribution in [2.75, 3.05) is 12.3 Å². The lowest BCUT2D eigenvalue weighted by atomic mass is 10.2. The standard InChI is InChI=1S/C19H19NO3S2/c21-15(16-8-9-17(23-16)18-7-4-11-25-18)13-20-19(22)10-12-24-14-5-2-1-3-6-14/h1-9,11,15,21H,10,12-13H2,(H,20,22). The number of thiophene rings is 1. The summed E-state index contributed by atoms with van der Waals surface area (Å²) in [6.07, 6.45) is -0.440. The highest BCUT2D eigenvalue weighted by Crippen LogP contribution is 2.28. The second-order valence-electron chi connectivity index (χ2n) is 5.41. The van der Waals surface area contributed by atoms with Crippen LogP contribution in [0.5, 0.6) is 0 Å². The third-order valence-electron chi connectivity index (χ3n) is 3.55. The fourth-order valence-electron chi connectivity index (χ4n) is 2.26. The molecule has 1 unspecified atom stereocenters. The Labute approximate surface area is 154 Å². The van der Waals surface area contributed by atoms with Crippen molar-refractivity contribution in [1.82, 2.24) is 5.32 Å². The molecule has 0 fully saturated rings. The number of carbonyl (C=O) groups excluding carboxylic acids is 1. The van der Waals surface area contributed by atoms with Crippen molar-refractivity contribution in [3.05, 3.63) is 65.7 Å². The van der Waals surface area contributed by atoms with E-state index < -0.39 is 6.10 Å². The smallest absolute Gasteiger partial charge is 0.220 e. The van der Waals surface area contributed by atoms with Crippen molar-refractivity contribution in [2.24, 2.45) is 0 Å². The number of rotatable bonds is 8. The molecular weight excluding hydrogens is 354 g/mol. The van der Waals surface area contributed by atoms with E-state index in [0.717, 1.165) is 15.5 Å². The molecule has 0 saturated carbocycles.